The van der Waals surface area contributed by atoms with E-state index in [4.69, 9.17) is 19.6 Å². The van der Waals surface area contributed by atoms with E-state index in [1.165, 1.54) is 6.07 Å². The van der Waals surface area contributed by atoms with Crippen LogP contribution in [0, 0.1) is 5.82 Å². The van der Waals surface area contributed by atoms with E-state index in [1.54, 1.807) is 30.3 Å². The summed E-state index contributed by atoms with van der Waals surface area (Å²) in [4.78, 5) is 18.3. The normalized spacial score (nSPS) is 16.8. The molecule has 0 aromatic heterocycles. The lowest BCUT2D eigenvalue weighted by atomic mass is 9.91. The minimum atomic E-state index is -1.16. The third-order valence-corrected chi connectivity index (χ3v) is 6.71. The fourth-order valence-electron chi connectivity index (χ4n) is 3.96. The predicted octanol–water partition coefficient (Wildman–Crippen LogP) is 4.47. The third kappa shape index (κ3) is 6.30. The number of benzene rings is 3. The molecule has 4 rings (SSSR count). The molecule has 0 bridgehead atoms. The average molecular weight is 555 g/mol. The minimum absolute atomic E-state index is 0.0741. The van der Waals surface area contributed by atoms with E-state index in [-0.39, 0.29) is 31.5 Å². The van der Waals surface area contributed by atoms with Crippen molar-refractivity contribution >= 4 is 27.7 Å². The lowest BCUT2D eigenvalue weighted by molar-refractivity contribution is -0.126. The average Bonchev–Trinajstić information content (AvgIpc) is 3.32. The summed E-state index contributed by atoms with van der Waals surface area (Å²) in [5.41, 5.74) is 1.05. The lowest BCUT2D eigenvalue weighted by Gasteiger charge is -2.24. The molecule has 1 aliphatic rings. The molecule has 0 spiro atoms. The molecule has 1 amide bonds. The number of hydrogen-bond acceptors (Lipinski definition) is 5. The zero-order valence-electron chi connectivity index (χ0n) is 19.8. The zero-order valence-corrected chi connectivity index (χ0v) is 21.3. The van der Waals surface area contributed by atoms with Crippen molar-refractivity contribution in [2.75, 3.05) is 26.4 Å². The molecule has 1 atom stereocenters. The maximum atomic E-state index is 14.0. The molecule has 2 N–H and O–H groups in total. The zero-order chi connectivity index (χ0) is 25.4. The van der Waals surface area contributed by atoms with Crippen molar-refractivity contribution < 1.29 is 23.8 Å². The molecule has 0 saturated carbocycles. The Kier molecular flexibility index (Phi) is 8.72. The minimum Gasteiger partial charge on any atom is -0.494 e. The van der Waals surface area contributed by atoms with Crippen molar-refractivity contribution in [2.45, 2.75) is 24.8 Å². The number of aliphatic imine (C=N–C) groups is 1. The van der Waals surface area contributed by atoms with Gasteiger partial charge >= 0.3 is 0 Å². The third-order valence-electron chi connectivity index (χ3n) is 5.94. The van der Waals surface area contributed by atoms with Crippen molar-refractivity contribution in [3.05, 3.63) is 99.8 Å². The number of aliphatic hydroxyl groups excluding tert-OH is 1. The molecular weight excluding hydrogens is 527 g/mol. The number of nitrogens with one attached hydrogen (secondary N) is 1. The number of halogens is 2. The summed E-state index contributed by atoms with van der Waals surface area (Å²) in [5, 5.41) is 11.9. The van der Waals surface area contributed by atoms with Gasteiger partial charge in [0.25, 0.3) is 5.91 Å². The number of amides is 1. The van der Waals surface area contributed by atoms with Crippen molar-refractivity contribution in [1.29, 1.82) is 0 Å². The van der Waals surface area contributed by atoms with Crippen LogP contribution in [0.1, 0.15) is 23.1 Å². The highest BCUT2D eigenvalue weighted by molar-refractivity contribution is 9.10. The van der Waals surface area contributed by atoms with Gasteiger partial charge in [0.05, 0.1) is 6.61 Å². The second kappa shape index (κ2) is 12.1. The van der Waals surface area contributed by atoms with Gasteiger partial charge < -0.3 is 19.9 Å². The number of rotatable bonds is 11. The van der Waals surface area contributed by atoms with Gasteiger partial charge in [-0.25, -0.2) is 9.38 Å². The first-order valence-corrected chi connectivity index (χ1v) is 12.6. The van der Waals surface area contributed by atoms with Crippen LogP contribution in [0.25, 0.3) is 0 Å². The summed E-state index contributed by atoms with van der Waals surface area (Å²) in [6, 6.07) is 21.5. The second-order valence-corrected chi connectivity index (χ2v) is 9.41. The van der Waals surface area contributed by atoms with Crippen LogP contribution in [-0.2, 0) is 22.4 Å². The first-order chi connectivity index (χ1) is 17.5. The predicted molar refractivity (Wildman–Crippen MR) is 140 cm³/mol. The number of carbonyl (C=O) groups excluding carboxylic acids is 1. The van der Waals surface area contributed by atoms with Crippen LogP contribution in [0.2, 0.25) is 0 Å². The number of nitrogens with zero attached hydrogens (tertiary/aromatic N) is 1. The van der Waals surface area contributed by atoms with Crippen molar-refractivity contribution in [3.8, 4) is 5.75 Å². The van der Waals surface area contributed by atoms with Gasteiger partial charge in [0.2, 0.25) is 5.90 Å². The van der Waals surface area contributed by atoms with Crippen LogP contribution in [0.5, 0.6) is 5.75 Å². The van der Waals surface area contributed by atoms with E-state index < -0.39 is 5.54 Å². The number of ether oxygens (including phenoxy) is 2. The Morgan fingerprint density at radius 3 is 2.53 bits per heavy atom. The van der Waals surface area contributed by atoms with E-state index in [2.05, 4.69) is 21.2 Å². The molecule has 36 heavy (non-hydrogen) atoms. The molecule has 6 nitrogen and oxygen atoms in total. The quantitative estimate of drug-likeness (QED) is 0.343. The number of hydrogen-bond donors (Lipinski definition) is 2. The Morgan fingerprint density at radius 1 is 1.08 bits per heavy atom. The van der Waals surface area contributed by atoms with Crippen molar-refractivity contribution in [2.24, 2.45) is 4.99 Å². The van der Waals surface area contributed by atoms with Gasteiger partial charge in [0, 0.05) is 36.0 Å². The van der Waals surface area contributed by atoms with E-state index in [0.717, 1.165) is 15.6 Å². The van der Waals surface area contributed by atoms with E-state index in [9.17, 15) is 9.18 Å². The van der Waals surface area contributed by atoms with E-state index >= 15 is 0 Å². The second-order valence-electron chi connectivity index (χ2n) is 8.55. The van der Waals surface area contributed by atoms with Gasteiger partial charge in [-0.1, -0.05) is 52.3 Å². The smallest absolute Gasteiger partial charge is 0.251 e. The highest BCUT2D eigenvalue weighted by Gasteiger charge is 2.44. The molecular formula is C28H28BrFN2O4. The largest absolute Gasteiger partial charge is 0.494 e. The Labute approximate surface area is 218 Å². The summed E-state index contributed by atoms with van der Waals surface area (Å²) in [6.07, 6.45) is 1.27. The maximum Gasteiger partial charge on any atom is 0.251 e. The van der Waals surface area contributed by atoms with Crippen molar-refractivity contribution in [1.82, 2.24) is 5.32 Å². The molecule has 1 heterocycles. The molecule has 0 saturated heterocycles. The van der Waals surface area contributed by atoms with E-state index in [0.29, 0.717) is 43.1 Å². The maximum absolute atomic E-state index is 14.0. The standard InChI is InChI=1S/C28H28BrFN2O4/c29-24-8-3-1-7-22(24)18-28(27(34)31-15-14-20-6-2-4-9-25(20)30)19-36-26(32-28)21-10-12-23(13-11-21)35-17-5-16-33/h1-4,6-13,33H,5,14-19H2,(H,31,34)/t28-/m1/s1. The molecule has 188 valence electrons. The Balaban J connectivity index is 1.53. The Morgan fingerprint density at radius 2 is 1.81 bits per heavy atom. The van der Waals surface area contributed by atoms with Crippen LogP contribution in [-0.4, -0.2) is 48.8 Å². The highest BCUT2D eigenvalue weighted by Crippen LogP contribution is 2.30. The number of carbonyl (C=O) groups is 1. The molecule has 0 unspecified atom stereocenters. The van der Waals surface area contributed by atoms with Gasteiger partial charge in [-0.15, -0.1) is 0 Å². The van der Waals surface area contributed by atoms with Crippen LogP contribution in [0.4, 0.5) is 4.39 Å². The Hall–Kier alpha value is -3.23. The fourth-order valence-corrected chi connectivity index (χ4v) is 4.39. The molecule has 0 aliphatic carbocycles. The Bertz CT molecular complexity index is 1220. The van der Waals surface area contributed by atoms with Gasteiger partial charge in [-0.05, 0) is 53.9 Å². The molecule has 3 aromatic carbocycles. The molecule has 1 aliphatic heterocycles. The summed E-state index contributed by atoms with van der Waals surface area (Å²) in [6.45, 7) is 0.867. The first kappa shape index (κ1) is 25.9. The van der Waals surface area contributed by atoms with Gasteiger partial charge in [0.1, 0.15) is 18.2 Å². The molecule has 3 aromatic rings. The summed E-state index contributed by atoms with van der Waals surface area (Å²) in [7, 11) is 0. The SMILES string of the molecule is O=C(NCCc1ccccc1F)[C@@]1(Cc2ccccc2Br)COC(c2ccc(OCCCO)cc2)=N1. The molecule has 0 radical (unpaired) electrons. The summed E-state index contributed by atoms with van der Waals surface area (Å²) < 4.78 is 26.4. The molecule has 0 fully saturated rings. The van der Waals surface area contributed by atoms with Crippen LogP contribution < -0.4 is 10.1 Å². The van der Waals surface area contributed by atoms with Crippen LogP contribution in [0.15, 0.2) is 82.3 Å². The monoisotopic (exact) mass is 554 g/mol. The summed E-state index contributed by atoms with van der Waals surface area (Å²) >= 11 is 3.57. The first-order valence-electron chi connectivity index (χ1n) is 11.8. The van der Waals surface area contributed by atoms with E-state index in [1.807, 2.05) is 36.4 Å². The lowest BCUT2D eigenvalue weighted by Crippen LogP contribution is -2.49. The highest BCUT2D eigenvalue weighted by atomic mass is 79.9. The fraction of sp³-hybridized carbons (Fsp3) is 0.286. The summed E-state index contributed by atoms with van der Waals surface area (Å²) in [5.74, 6) is 0.501. The van der Waals surface area contributed by atoms with Gasteiger partial charge in [0.15, 0.2) is 5.54 Å². The van der Waals surface area contributed by atoms with Gasteiger partial charge in [-0.2, -0.15) is 0 Å². The van der Waals surface area contributed by atoms with Crippen LogP contribution >= 0.6 is 15.9 Å². The topological polar surface area (TPSA) is 80.2 Å². The number of aliphatic hydroxyl groups is 1. The van der Waals surface area contributed by atoms with Crippen molar-refractivity contribution in [3.63, 3.8) is 0 Å². The van der Waals surface area contributed by atoms with Crippen LogP contribution in [0.3, 0.4) is 0 Å². The molecule has 8 heteroatoms. The van der Waals surface area contributed by atoms with Gasteiger partial charge in [-0.3, -0.25) is 4.79 Å².